The van der Waals surface area contributed by atoms with Crippen molar-refractivity contribution in [3.8, 4) is 0 Å². The zero-order chi connectivity index (χ0) is 14.1. The van der Waals surface area contributed by atoms with E-state index in [-0.39, 0.29) is 11.0 Å². The zero-order valence-electron chi connectivity index (χ0n) is 12.4. The van der Waals surface area contributed by atoms with E-state index in [4.69, 9.17) is 17.3 Å². The first-order valence-corrected chi connectivity index (χ1v) is 7.72. The van der Waals surface area contributed by atoms with Crippen molar-refractivity contribution in [3.05, 3.63) is 34.9 Å². The normalized spacial score (nSPS) is 28.4. The Morgan fingerprint density at radius 3 is 2.68 bits per heavy atom. The number of hydrogen-bond acceptors (Lipinski definition) is 1. The molecule has 2 rings (SSSR count). The summed E-state index contributed by atoms with van der Waals surface area (Å²) < 4.78 is 0. The Labute approximate surface area is 122 Å². The van der Waals surface area contributed by atoms with Gasteiger partial charge in [0.1, 0.15) is 0 Å². The highest BCUT2D eigenvalue weighted by Gasteiger charge is 2.43. The highest BCUT2D eigenvalue weighted by molar-refractivity contribution is 6.30. The smallest absolute Gasteiger partial charge is 0.0408 e. The van der Waals surface area contributed by atoms with Crippen LogP contribution in [-0.2, 0) is 6.42 Å². The summed E-state index contributed by atoms with van der Waals surface area (Å²) in [4.78, 5) is 0. The Kier molecular flexibility index (Phi) is 4.27. The predicted octanol–water partition coefficient (Wildman–Crippen LogP) is 4.82. The van der Waals surface area contributed by atoms with Crippen LogP contribution in [0.25, 0.3) is 0 Å². The Balaban J connectivity index is 2.23. The fraction of sp³-hybridized carbons (Fsp3) is 0.647. The van der Waals surface area contributed by atoms with Gasteiger partial charge in [-0.15, -0.1) is 0 Å². The number of nitrogens with two attached hydrogens (primary N) is 1. The second kappa shape index (κ2) is 5.46. The number of halogens is 1. The van der Waals surface area contributed by atoms with Crippen molar-refractivity contribution in [3.63, 3.8) is 0 Å². The van der Waals surface area contributed by atoms with Gasteiger partial charge in [0.2, 0.25) is 0 Å². The molecule has 0 heterocycles. The van der Waals surface area contributed by atoms with E-state index in [2.05, 4.69) is 32.9 Å². The predicted molar refractivity (Wildman–Crippen MR) is 83.5 cm³/mol. The van der Waals surface area contributed by atoms with Crippen LogP contribution in [0.3, 0.4) is 0 Å². The monoisotopic (exact) mass is 279 g/mol. The van der Waals surface area contributed by atoms with Gasteiger partial charge in [0.05, 0.1) is 0 Å². The summed E-state index contributed by atoms with van der Waals surface area (Å²) in [7, 11) is 0. The third kappa shape index (κ3) is 3.52. The first-order valence-electron chi connectivity index (χ1n) is 7.35. The molecule has 1 aromatic rings. The molecule has 1 nitrogen and oxygen atoms in total. The first kappa shape index (κ1) is 14.9. The van der Waals surface area contributed by atoms with Gasteiger partial charge < -0.3 is 5.73 Å². The van der Waals surface area contributed by atoms with Crippen LogP contribution in [0, 0.1) is 11.3 Å². The molecule has 2 unspecified atom stereocenters. The molecule has 0 bridgehead atoms. The summed E-state index contributed by atoms with van der Waals surface area (Å²) in [6.45, 7) is 6.97. The second-order valence-electron chi connectivity index (χ2n) is 7.20. The summed E-state index contributed by atoms with van der Waals surface area (Å²) in [6.07, 6.45) is 5.89. The Bertz CT molecular complexity index is 435. The van der Waals surface area contributed by atoms with Gasteiger partial charge >= 0.3 is 0 Å². The molecule has 0 spiro atoms. The van der Waals surface area contributed by atoms with E-state index < -0.39 is 0 Å². The molecule has 0 aromatic heterocycles. The zero-order valence-corrected chi connectivity index (χ0v) is 13.1. The molecule has 1 aliphatic carbocycles. The van der Waals surface area contributed by atoms with Crippen LogP contribution in [0.15, 0.2) is 24.3 Å². The van der Waals surface area contributed by atoms with E-state index in [1.54, 1.807) is 0 Å². The standard InChI is InChI=1S/C17H26ClN/c1-16(2,3)15-9-4-5-10-17(15,19)12-13-7-6-8-14(18)11-13/h6-8,11,15H,4-5,9-10,12,19H2,1-3H3. The number of benzene rings is 1. The lowest BCUT2D eigenvalue weighted by atomic mass is 9.61. The van der Waals surface area contributed by atoms with Gasteiger partial charge in [-0.25, -0.2) is 0 Å². The van der Waals surface area contributed by atoms with Gasteiger partial charge in [-0.1, -0.05) is 57.3 Å². The van der Waals surface area contributed by atoms with Crippen molar-refractivity contribution in [2.75, 3.05) is 0 Å². The Morgan fingerprint density at radius 1 is 1.32 bits per heavy atom. The van der Waals surface area contributed by atoms with Crippen molar-refractivity contribution < 1.29 is 0 Å². The van der Waals surface area contributed by atoms with E-state index in [1.807, 2.05) is 12.1 Å². The fourth-order valence-corrected chi connectivity index (χ4v) is 4.01. The van der Waals surface area contributed by atoms with Crippen LogP contribution >= 0.6 is 11.6 Å². The molecule has 106 valence electrons. The van der Waals surface area contributed by atoms with Gasteiger partial charge in [0, 0.05) is 10.6 Å². The molecule has 2 N–H and O–H groups in total. The minimum atomic E-state index is -0.0822. The summed E-state index contributed by atoms with van der Waals surface area (Å²) in [5.74, 6) is 0.577. The third-order valence-electron chi connectivity index (χ3n) is 4.55. The first-order chi connectivity index (χ1) is 8.81. The highest BCUT2D eigenvalue weighted by atomic mass is 35.5. The van der Waals surface area contributed by atoms with Crippen molar-refractivity contribution in [2.24, 2.45) is 17.1 Å². The number of hydrogen-bond donors (Lipinski definition) is 1. The molecule has 2 atom stereocenters. The lowest BCUT2D eigenvalue weighted by molar-refractivity contribution is 0.0793. The summed E-state index contributed by atoms with van der Waals surface area (Å²) in [6, 6.07) is 8.16. The molecule has 0 amide bonds. The van der Waals surface area contributed by atoms with E-state index in [0.29, 0.717) is 5.92 Å². The molecule has 1 aromatic carbocycles. The van der Waals surface area contributed by atoms with Crippen molar-refractivity contribution in [1.29, 1.82) is 0 Å². The molecule has 0 radical (unpaired) electrons. The molecule has 2 heteroatoms. The van der Waals surface area contributed by atoms with Crippen molar-refractivity contribution >= 4 is 11.6 Å². The van der Waals surface area contributed by atoms with Crippen LogP contribution in [0.1, 0.15) is 52.0 Å². The maximum atomic E-state index is 6.83. The maximum absolute atomic E-state index is 6.83. The number of rotatable bonds is 2. The van der Waals surface area contributed by atoms with E-state index in [1.165, 1.54) is 24.8 Å². The maximum Gasteiger partial charge on any atom is 0.0408 e. The highest BCUT2D eigenvalue weighted by Crippen LogP contribution is 2.44. The van der Waals surface area contributed by atoms with E-state index in [0.717, 1.165) is 17.9 Å². The quantitative estimate of drug-likeness (QED) is 0.825. The van der Waals surface area contributed by atoms with Crippen molar-refractivity contribution in [2.45, 2.75) is 58.4 Å². The van der Waals surface area contributed by atoms with Gasteiger partial charge in [0.25, 0.3) is 0 Å². The Hall–Kier alpha value is -0.530. The second-order valence-corrected chi connectivity index (χ2v) is 7.64. The molecule has 1 aliphatic rings. The summed E-state index contributed by atoms with van der Waals surface area (Å²) in [5.41, 5.74) is 8.29. The topological polar surface area (TPSA) is 26.0 Å². The van der Waals surface area contributed by atoms with Gasteiger partial charge in [-0.3, -0.25) is 0 Å². The molecule has 0 saturated heterocycles. The van der Waals surface area contributed by atoms with Crippen LogP contribution < -0.4 is 5.73 Å². The average Bonchev–Trinajstić information content (AvgIpc) is 2.27. The molecular formula is C17H26ClN. The van der Waals surface area contributed by atoms with Gasteiger partial charge in [-0.05, 0) is 48.3 Å². The molecule has 1 saturated carbocycles. The Morgan fingerprint density at radius 2 is 2.05 bits per heavy atom. The minimum Gasteiger partial charge on any atom is -0.325 e. The average molecular weight is 280 g/mol. The molecule has 1 fully saturated rings. The SMILES string of the molecule is CC(C)(C)C1CCCCC1(N)Cc1cccc(Cl)c1. The van der Waals surface area contributed by atoms with Crippen LogP contribution in [0.5, 0.6) is 0 Å². The molecule has 19 heavy (non-hydrogen) atoms. The van der Waals surface area contributed by atoms with Crippen LogP contribution in [0.4, 0.5) is 0 Å². The van der Waals surface area contributed by atoms with Gasteiger partial charge in [0.15, 0.2) is 0 Å². The molecule has 0 aliphatic heterocycles. The van der Waals surface area contributed by atoms with Crippen LogP contribution in [0.2, 0.25) is 5.02 Å². The largest absolute Gasteiger partial charge is 0.325 e. The van der Waals surface area contributed by atoms with Crippen LogP contribution in [-0.4, -0.2) is 5.54 Å². The van der Waals surface area contributed by atoms with Gasteiger partial charge in [-0.2, -0.15) is 0 Å². The lowest BCUT2D eigenvalue weighted by Crippen LogP contribution is -2.55. The summed E-state index contributed by atoms with van der Waals surface area (Å²) >= 11 is 6.09. The summed E-state index contributed by atoms with van der Waals surface area (Å²) in [5, 5.41) is 0.809. The van der Waals surface area contributed by atoms with E-state index >= 15 is 0 Å². The van der Waals surface area contributed by atoms with E-state index in [9.17, 15) is 0 Å². The third-order valence-corrected chi connectivity index (χ3v) is 4.78. The molecular weight excluding hydrogens is 254 g/mol. The fourth-order valence-electron chi connectivity index (χ4n) is 3.80. The minimum absolute atomic E-state index is 0.0822. The lowest BCUT2D eigenvalue weighted by Gasteiger charge is -2.48. The van der Waals surface area contributed by atoms with Crippen molar-refractivity contribution in [1.82, 2.24) is 0 Å².